The normalized spacial score (nSPS) is 15.0. The maximum atomic E-state index is 13.0. The maximum Gasteiger partial charge on any atom is 0.418 e. The summed E-state index contributed by atoms with van der Waals surface area (Å²) < 4.78 is 43.8. The van der Waals surface area contributed by atoms with Crippen LogP contribution in [0.1, 0.15) is 24.8 Å². The van der Waals surface area contributed by atoms with E-state index in [1.807, 2.05) is 0 Å². The summed E-state index contributed by atoms with van der Waals surface area (Å²) in [5, 5.41) is 13.1. The highest BCUT2D eigenvalue weighted by molar-refractivity contribution is 5.69. The number of amides is 1. The van der Waals surface area contributed by atoms with Gasteiger partial charge < -0.3 is 15.0 Å². The fourth-order valence-corrected chi connectivity index (χ4v) is 2.45. The molecule has 1 aliphatic rings. The molecule has 2 rings (SSSR count). The summed E-state index contributed by atoms with van der Waals surface area (Å²) >= 11 is 0. The van der Waals surface area contributed by atoms with Crippen LogP contribution in [0.5, 0.6) is 0 Å². The summed E-state index contributed by atoms with van der Waals surface area (Å²) in [6.45, 7) is 0.458. The summed E-state index contributed by atoms with van der Waals surface area (Å²) in [4.78, 5) is 23.3. The van der Waals surface area contributed by atoms with Gasteiger partial charge in [-0.05, 0) is 25.3 Å². The smallest absolute Gasteiger partial charge is 0.418 e. The Bertz CT molecular complexity index is 616. The number of rotatable bonds is 4. The third kappa shape index (κ3) is 4.27. The number of halogens is 3. The molecule has 0 bridgehead atoms. The van der Waals surface area contributed by atoms with E-state index in [0.717, 1.165) is 37.5 Å². The van der Waals surface area contributed by atoms with E-state index in [-0.39, 0.29) is 0 Å². The van der Waals surface area contributed by atoms with Crippen LogP contribution in [0.4, 0.5) is 29.3 Å². The second-order valence-corrected chi connectivity index (χ2v) is 5.23. The third-order valence-electron chi connectivity index (χ3n) is 3.60. The van der Waals surface area contributed by atoms with Crippen LogP contribution in [-0.2, 0) is 10.9 Å². The Morgan fingerprint density at radius 1 is 1.29 bits per heavy atom. The van der Waals surface area contributed by atoms with Crippen molar-refractivity contribution < 1.29 is 27.6 Å². The van der Waals surface area contributed by atoms with E-state index in [2.05, 4.69) is 5.32 Å². The van der Waals surface area contributed by atoms with E-state index in [1.165, 1.54) is 4.90 Å². The van der Waals surface area contributed by atoms with Gasteiger partial charge in [0.2, 0.25) is 0 Å². The van der Waals surface area contributed by atoms with Crippen LogP contribution < -0.4 is 5.32 Å². The number of nitrogens with zero attached hydrogens (tertiary/aromatic N) is 2. The highest BCUT2D eigenvalue weighted by Crippen LogP contribution is 2.39. The number of anilines is 1. The zero-order chi connectivity index (χ0) is 17.7. The van der Waals surface area contributed by atoms with Crippen molar-refractivity contribution in [2.24, 2.45) is 0 Å². The van der Waals surface area contributed by atoms with Crippen molar-refractivity contribution in [1.82, 2.24) is 4.90 Å². The van der Waals surface area contributed by atoms with Crippen molar-refractivity contribution in [2.75, 3.05) is 25.1 Å². The van der Waals surface area contributed by atoms with E-state index >= 15 is 0 Å². The van der Waals surface area contributed by atoms with Gasteiger partial charge in [-0.1, -0.05) is 6.07 Å². The number of likely N-dealkylation sites (tertiary alicyclic amines) is 1. The first-order valence-electron chi connectivity index (χ1n) is 7.31. The molecule has 1 N–H and O–H groups in total. The van der Waals surface area contributed by atoms with E-state index in [1.54, 1.807) is 0 Å². The van der Waals surface area contributed by atoms with Crippen LogP contribution in [0.25, 0.3) is 0 Å². The number of hydrogen-bond donors (Lipinski definition) is 1. The zero-order valence-electron chi connectivity index (χ0n) is 12.6. The SMILES string of the molecule is O=C(OCNc1c([N+](=O)[O-])cccc1C(F)(F)F)N1CCCCC1. The van der Waals surface area contributed by atoms with Gasteiger partial charge in [-0.3, -0.25) is 10.1 Å². The Morgan fingerprint density at radius 2 is 1.96 bits per heavy atom. The molecule has 1 aromatic carbocycles. The molecule has 0 radical (unpaired) electrons. The molecular weight excluding hydrogens is 331 g/mol. The van der Waals surface area contributed by atoms with Crippen molar-refractivity contribution in [3.05, 3.63) is 33.9 Å². The molecule has 0 saturated carbocycles. The van der Waals surface area contributed by atoms with Crippen molar-refractivity contribution >= 4 is 17.5 Å². The lowest BCUT2D eigenvalue weighted by atomic mass is 10.1. The predicted octanol–water partition coefficient (Wildman–Crippen LogP) is 3.61. The molecule has 24 heavy (non-hydrogen) atoms. The van der Waals surface area contributed by atoms with Gasteiger partial charge in [-0.15, -0.1) is 0 Å². The number of ether oxygens (including phenoxy) is 1. The zero-order valence-corrected chi connectivity index (χ0v) is 12.6. The minimum Gasteiger partial charge on any atom is -0.428 e. The molecule has 0 aliphatic carbocycles. The fourth-order valence-electron chi connectivity index (χ4n) is 2.45. The molecule has 132 valence electrons. The average Bonchev–Trinajstić information content (AvgIpc) is 2.54. The Balaban J connectivity index is 2.08. The molecule has 1 aromatic rings. The van der Waals surface area contributed by atoms with Crippen molar-refractivity contribution in [2.45, 2.75) is 25.4 Å². The largest absolute Gasteiger partial charge is 0.428 e. The van der Waals surface area contributed by atoms with Gasteiger partial charge in [0.05, 0.1) is 10.5 Å². The van der Waals surface area contributed by atoms with Crippen molar-refractivity contribution in [3.8, 4) is 0 Å². The molecule has 0 aromatic heterocycles. The van der Waals surface area contributed by atoms with Gasteiger partial charge in [-0.25, -0.2) is 4.79 Å². The van der Waals surface area contributed by atoms with Crippen LogP contribution in [0.3, 0.4) is 0 Å². The number of hydrogen-bond acceptors (Lipinski definition) is 5. The topological polar surface area (TPSA) is 84.7 Å². The third-order valence-corrected chi connectivity index (χ3v) is 3.60. The number of para-hydroxylation sites is 1. The summed E-state index contributed by atoms with van der Waals surface area (Å²) in [5.41, 5.74) is -2.65. The first-order chi connectivity index (χ1) is 11.3. The highest BCUT2D eigenvalue weighted by Gasteiger charge is 2.36. The molecule has 0 atom stereocenters. The highest BCUT2D eigenvalue weighted by atomic mass is 19.4. The standard InChI is InChI=1S/C14H16F3N3O4/c15-14(16,17)10-5-4-6-11(20(22)23)12(10)18-9-24-13(21)19-7-2-1-3-8-19/h4-6,18H,1-3,7-9H2. The van der Waals surface area contributed by atoms with Crippen molar-refractivity contribution in [3.63, 3.8) is 0 Å². The van der Waals surface area contributed by atoms with E-state index < -0.39 is 40.9 Å². The fraction of sp³-hybridized carbons (Fsp3) is 0.500. The molecule has 1 aliphatic heterocycles. The van der Waals surface area contributed by atoms with Crippen LogP contribution in [-0.4, -0.2) is 35.7 Å². The quantitative estimate of drug-likeness (QED) is 0.511. The maximum absolute atomic E-state index is 13.0. The van der Waals surface area contributed by atoms with Gasteiger partial charge in [0, 0.05) is 19.2 Å². The molecule has 7 nitrogen and oxygen atoms in total. The van der Waals surface area contributed by atoms with E-state index in [9.17, 15) is 28.1 Å². The van der Waals surface area contributed by atoms with Crippen LogP contribution in [0, 0.1) is 10.1 Å². The average molecular weight is 347 g/mol. The van der Waals surface area contributed by atoms with E-state index in [0.29, 0.717) is 13.1 Å². The molecule has 1 saturated heterocycles. The number of nitrogens with one attached hydrogen (secondary N) is 1. The molecule has 0 spiro atoms. The number of carbonyl (C=O) groups is 1. The first kappa shape index (κ1) is 17.8. The lowest BCUT2D eigenvalue weighted by molar-refractivity contribution is -0.384. The number of nitro groups is 1. The minimum atomic E-state index is -4.77. The van der Waals surface area contributed by atoms with Gasteiger partial charge in [0.15, 0.2) is 6.73 Å². The second-order valence-electron chi connectivity index (χ2n) is 5.23. The lowest BCUT2D eigenvalue weighted by Gasteiger charge is -2.26. The van der Waals surface area contributed by atoms with Crippen LogP contribution in [0.15, 0.2) is 18.2 Å². The Morgan fingerprint density at radius 3 is 2.54 bits per heavy atom. The predicted molar refractivity (Wildman–Crippen MR) is 78.5 cm³/mol. The number of carbonyl (C=O) groups excluding carboxylic acids is 1. The molecular formula is C14H16F3N3O4. The van der Waals surface area contributed by atoms with Gasteiger partial charge in [-0.2, -0.15) is 13.2 Å². The van der Waals surface area contributed by atoms with Crippen LogP contribution >= 0.6 is 0 Å². The summed E-state index contributed by atoms with van der Waals surface area (Å²) in [6, 6.07) is 2.62. The monoisotopic (exact) mass is 347 g/mol. The molecule has 1 heterocycles. The second kappa shape index (κ2) is 7.37. The van der Waals surface area contributed by atoms with Gasteiger partial charge in [0.25, 0.3) is 5.69 Å². The first-order valence-corrected chi connectivity index (χ1v) is 7.31. The number of nitro benzene ring substituents is 1. The summed E-state index contributed by atoms with van der Waals surface area (Å²) in [5.74, 6) is 0. The summed E-state index contributed by atoms with van der Waals surface area (Å²) in [7, 11) is 0. The van der Waals surface area contributed by atoms with Crippen LogP contribution in [0.2, 0.25) is 0 Å². The Hall–Kier alpha value is -2.52. The van der Waals surface area contributed by atoms with Gasteiger partial charge >= 0.3 is 12.3 Å². The number of benzene rings is 1. The van der Waals surface area contributed by atoms with Crippen molar-refractivity contribution in [1.29, 1.82) is 0 Å². The van der Waals surface area contributed by atoms with E-state index in [4.69, 9.17) is 4.74 Å². The van der Waals surface area contributed by atoms with Gasteiger partial charge in [0.1, 0.15) is 5.69 Å². The summed E-state index contributed by atoms with van der Waals surface area (Å²) in [6.07, 6.45) is -2.75. The lowest BCUT2D eigenvalue weighted by Crippen LogP contribution is -2.36. The molecule has 1 fully saturated rings. The number of piperidine rings is 1. The Kier molecular flexibility index (Phi) is 5.47. The molecule has 1 amide bonds. The molecule has 10 heteroatoms. The Labute approximate surface area is 135 Å². The number of alkyl halides is 3. The minimum absolute atomic E-state index is 0.526. The molecule has 0 unspecified atom stereocenters.